The minimum atomic E-state index is -0.186. The highest BCUT2D eigenvalue weighted by atomic mass is 16.3. The minimum Gasteiger partial charge on any atom is -0.394 e. The second kappa shape index (κ2) is 2.70. The van der Waals surface area contributed by atoms with Crippen molar-refractivity contribution >= 4 is 5.96 Å². The fourth-order valence-electron chi connectivity index (χ4n) is 1.15. The van der Waals surface area contributed by atoms with Crippen molar-refractivity contribution in [2.45, 2.75) is 12.5 Å². The summed E-state index contributed by atoms with van der Waals surface area (Å²) in [6.07, 6.45) is 0. The highest BCUT2D eigenvalue weighted by molar-refractivity contribution is 5.82. The summed E-state index contributed by atoms with van der Waals surface area (Å²) in [5.41, 5.74) is -0.186. The molecule has 0 amide bonds. The van der Waals surface area contributed by atoms with E-state index in [2.05, 4.69) is 10.3 Å². The van der Waals surface area contributed by atoms with Crippen molar-refractivity contribution in [3.8, 4) is 0 Å². The SMILES string of the molecule is CN=C1NCC(C)(CO)N1C. The molecule has 4 heteroatoms. The second-order valence-electron chi connectivity index (χ2n) is 3.11. The average Bonchev–Trinajstić information content (AvgIpc) is 2.31. The molecule has 0 aliphatic carbocycles. The summed E-state index contributed by atoms with van der Waals surface area (Å²) in [6.45, 7) is 2.90. The third-order valence-electron chi connectivity index (χ3n) is 2.31. The van der Waals surface area contributed by atoms with E-state index >= 15 is 0 Å². The summed E-state index contributed by atoms with van der Waals surface area (Å²) in [5, 5.41) is 12.2. The molecule has 4 nitrogen and oxygen atoms in total. The van der Waals surface area contributed by atoms with Crippen molar-refractivity contribution in [1.29, 1.82) is 0 Å². The van der Waals surface area contributed by atoms with Crippen LogP contribution in [0.4, 0.5) is 0 Å². The van der Waals surface area contributed by atoms with E-state index in [1.165, 1.54) is 0 Å². The molecule has 11 heavy (non-hydrogen) atoms. The van der Waals surface area contributed by atoms with Crippen LogP contribution in [0.1, 0.15) is 6.92 Å². The monoisotopic (exact) mass is 157 g/mol. The van der Waals surface area contributed by atoms with Crippen LogP contribution in [-0.2, 0) is 0 Å². The molecule has 2 N–H and O–H groups in total. The highest BCUT2D eigenvalue weighted by Gasteiger charge is 2.36. The van der Waals surface area contributed by atoms with E-state index in [0.29, 0.717) is 0 Å². The number of aliphatic hydroxyl groups is 1. The van der Waals surface area contributed by atoms with E-state index in [0.717, 1.165) is 12.5 Å². The number of guanidine groups is 1. The third-order valence-corrected chi connectivity index (χ3v) is 2.31. The van der Waals surface area contributed by atoms with Gasteiger partial charge in [-0.15, -0.1) is 0 Å². The zero-order valence-corrected chi connectivity index (χ0v) is 7.26. The molecule has 0 radical (unpaired) electrons. The van der Waals surface area contributed by atoms with Crippen LogP contribution in [0.5, 0.6) is 0 Å². The van der Waals surface area contributed by atoms with Gasteiger partial charge in [0.05, 0.1) is 12.1 Å². The van der Waals surface area contributed by atoms with Gasteiger partial charge in [-0.05, 0) is 6.92 Å². The first-order valence-electron chi connectivity index (χ1n) is 3.69. The van der Waals surface area contributed by atoms with Crippen molar-refractivity contribution in [1.82, 2.24) is 10.2 Å². The number of nitrogens with one attached hydrogen (secondary N) is 1. The molecule has 1 aliphatic heterocycles. The maximum atomic E-state index is 9.07. The lowest BCUT2D eigenvalue weighted by atomic mass is 10.1. The predicted octanol–water partition coefficient (Wildman–Crippen LogP) is -0.742. The molecule has 0 saturated carbocycles. The van der Waals surface area contributed by atoms with Gasteiger partial charge in [0.25, 0.3) is 0 Å². The summed E-state index contributed by atoms with van der Waals surface area (Å²) in [7, 11) is 3.67. The molecule has 0 bridgehead atoms. The molecule has 1 fully saturated rings. The van der Waals surface area contributed by atoms with Crippen molar-refractivity contribution in [3.63, 3.8) is 0 Å². The summed E-state index contributed by atoms with van der Waals surface area (Å²) in [5.74, 6) is 0.849. The summed E-state index contributed by atoms with van der Waals surface area (Å²) >= 11 is 0. The lowest BCUT2D eigenvalue weighted by Gasteiger charge is -2.29. The molecule has 1 unspecified atom stereocenters. The lowest BCUT2D eigenvalue weighted by Crippen LogP contribution is -2.45. The number of likely N-dealkylation sites (N-methyl/N-ethyl adjacent to an activating group) is 1. The maximum Gasteiger partial charge on any atom is 0.194 e. The zero-order valence-electron chi connectivity index (χ0n) is 7.26. The molecule has 64 valence electrons. The molecule has 1 saturated heterocycles. The Labute approximate surface area is 66.9 Å². The standard InChI is InChI=1S/C7H15N3O/c1-7(5-11)4-9-6(8-2)10(7)3/h11H,4-5H2,1-3H3,(H,8,9). The Kier molecular flexibility index (Phi) is 2.04. The molecular formula is C7H15N3O. The van der Waals surface area contributed by atoms with Crippen molar-refractivity contribution in [2.24, 2.45) is 4.99 Å². The molecule has 1 atom stereocenters. The van der Waals surface area contributed by atoms with Gasteiger partial charge in [-0.25, -0.2) is 0 Å². The molecule has 0 aromatic carbocycles. The third kappa shape index (κ3) is 1.18. The maximum absolute atomic E-state index is 9.07. The van der Waals surface area contributed by atoms with Crippen LogP contribution in [0.3, 0.4) is 0 Å². The first kappa shape index (κ1) is 8.33. The number of hydrogen-bond acceptors (Lipinski definition) is 2. The first-order chi connectivity index (χ1) is 5.14. The van der Waals surface area contributed by atoms with Crippen LogP contribution < -0.4 is 5.32 Å². The average molecular weight is 157 g/mol. The zero-order chi connectivity index (χ0) is 8.48. The summed E-state index contributed by atoms with van der Waals surface area (Å²) in [6, 6.07) is 0. The number of aliphatic imine (C=N–C) groups is 1. The first-order valence-corrected chi connectivity index (χ1v) is 3.69. The number of hydrogen-bond donors (Lipinski definition) is 2. The van der Waals surface area contributed by atoms with Crippen LogP contribution in [0.15, 0.2) is 4.99 Å². The smallest absolute Gasteiger partial charge is 0.194 e. The Balaban J connectivity index is 2.77. The molecule has 1 heterocycles. The Bertz CT molecular complexity index is 181. The van der Waals surface area contributed by atoms with Crippen molar-refractivity contribution < 1.29 is 5.11 Å². The molecular weight excluding hydrogens is 142 g/mol. The Hall–Kier alpha value is -0.770. The van der Waals surface area contributed by atoms with Gasteiger partial charge in [0.1, 0.15) is 0 Å². The molecule has 0 aromatic heterocycles. The topological polar surface area (TPSA) is 47.9 Å². The van der Waals surface area contributed by atoms with Gasteiger partial charge in [-0.2, -0.15) is 0 Å². The summed E-state index contributed by atoms with van der Waals surface area (Å²) in [4.78, 5) is 6.00. The molecule has 1 aliphatic rings. The van der Waals surface area contributed by atoms with E-state index in [4.69, 9.17) is 5.11 Å². The van der Waals surface area contributed by atoms with Crippen LogP contribution in [0.25, 0.3) is 0 Å². The highest BCUT2D eigenvalue weighted by Crippen LogP contribution is 2.16. The number of nitrogens with zero attached hydrogens (tertiary/aromatic N) is 2. The lowest BCUT2D eigenvalue weighted by molar-refractivity contribution is 0.137. The Morgan fingerprint density at radius 1 is 1.82 bits per heavy atom. The van der Waals surface area contributed by atoms with E-state index in [9.17, 15) is 0 Å². The van der Waals surface area contributed by atoms with E-state index in [-0.39, 0.29) is 12.1 Å². The Morgan fingerprint density at radius 2 is 2.45 bits per heavy atom. The van der Waals surface area contributed by atoms with Gasteiger partial charge in [-0.1, -0.05) is 0 Å². The van der Waals surface area contributed by atoms with Crippen LogP contribution in [-0.4, -0.2) is 48.8 Å². The summed E-state index contributed by atoms with van der Waals surface area (Å²) < 4.78 is 0. The van der Waals surface area contributed by atoms with E-state index in [1.807, 2.05) is 18.9 Å². The number of aliphatic hydroxyl groups excluding tert-OH is 1. The van der Waals surface area contributed by atoms with Gasteiger partial charge in [-0.3, -0.25) is 4.99 Å². The largest absolute Gasteiger partial charge is 0.394 e. The van der Waals surface area contributed by atoms with Gasteiger partial charge < -0.3 is 15.3 Å². The Morgan fingerprint density at radius 3 is 2.73 bits per heavy atom. The van der Waals surface area contributed by atoms with Crippen LogP contribution in [0, 0.1) is 0 Å². The fourth-order valence-corrected chi connectivity index (χ4v) is 1.15. The fraction of sp³-hybridized carbons (Fsp3) is 0.857. The van der Waals surface area contributed by atoms with E-state index in [1.54, 1.807) is 7.05 Å². The normalized spacial score (nSPS) is 34.5. The van der Waals surface area contributed by atoms with Gasteiger partial charge in [0.15, 0.2) is 5.96 Å². The van der Waals surface area contributed by atoms with Gasteiger partial charge in [0, 0.05) is 20.6 Å². The number of rotatable bonds is 1. The molecule has 0 aromatic rings. The van der Waals surface area contributed by atoms with Crippen molar-refractivity contribution in [3.05, 3.63) is 0 Å². The molecule has 0 spiro atoms. The van der Waals surface area contributed by atoms with Gasteiger partial charge >= 0.3 is 0 Å². The quantitative estimate of drug-likeness (QED) is 0.527. The van der Waals surface area contributed by atoms with Crippen molar-refractivity contribution in [2.75, 3.05) is 27.2 Å². The van der Waals surface area contributed by atoms with Crippen LogP contribution >= 0.6 is 0 Å². The van der Waals surface area contributed by atoms with E-state index < -0.39 is 0 Å². The second-order valence-corrected chi connectivity index (χ2v) is 3.11. The predicted molar refractivity (Wildman–Crippen MR) is 44.6 cm³/mol. The molecule has 1 rings (SSSR count). The van der Waals surface area contributed by atoms with Gasteiger partial charge in [0.2, 0.25) is 0 Å². The minimum absolute atomic E-state index is 0.148. The van der Waals surface area contributed by atoms with Crippen LogP contribution in [0.2, 0.25) is 0 Å².